The minimum atomic E-state index is -0.239. The standard InChI is InChI=1S/C27H28N6O/c1-3-26(34)30-21-6-4-5-20(17-21)29-25-18-24(31-27-23(25)11-12-28-27)19-7-9-22(10-8-19)33-15-13-32(2)14-16-33/h3-12,17-18H,1,13-16H2,2H3,(H,30,34)(H2,28,29,31). The number of benzene rings is 2. The second-order valence-corrected chi connectivity index (χ2v) is 8.53. The molecule has 1 aliphatic heterocycles. The number of likely N-dealkylation sites (N-methyl/N-ethyl adjacent to an activating group) is 1. The van der Waals surface area contributed by atoms with Crippen LogP contribution in [0.4, 0.5) is 22.7 Å². The summed E-state index contributed by atoms with van der Waals surface area (Å²) < 4.78 is 0. The van der Waals surface area contributed by atoms with Crippen molar-refractivity contribution in [3.05, 3.63) is 79.5 Å². The van der Waals surface area contributed by atoms with Gasteiger partial charge in [0.2, 0.25) is 5.91 Å². The number of pyridine rings is 1. The zero-order chi connectivity index (χ0) is 23.5. The molecule has 0 unspecified atom stereocenters. The zero-order valence-corrected chi connectivity index (χ0v) is 19.2. The summed E-state index contributed by atoms with van der Waals surface area (Å²) in [4.78, 5) is 24.5. The first-order chi connectivity index (χ1) is 16.6. The van der Waals surface area contributed by atoms with E-state index in [2.05, 4.69) is 69.4 Å². The Morgan fingerprint density at radius 2 is 1.79 bits per heavy atom. The average molecular weight is 453 g/mol. The van der Waals surface area contributed by atoms with Crippen LogP contribution in [-0.2, 0) is 4.79 Å². The van der Waals surface area contributed by atoms with Gasteiger partial charge < -0.3 is 25.4 Å². The van der Waals surface area contributed by atoms with Gasteiger partial charge in [-0.1, -0.05) is 24.8 Å². The summed E-state index contributed by atoms with van der Waals surface area (Å²) in [5.41, 5.74) is 6.52. The van der Waals surface area contributed by atoms with Gasteiger partial charge in [0.25, 0.3) is 0 Å². The van der Waals surface area contributed by atoms with Crippen molar-refractivity contribution in [2.75, 3.05) is 48.8 Å². The van der Waals surface area contributed by atoms with Crippen molar-refractivity contribution in [1.29, 1.82) is 0 Å². The molecule has 7 heteroatoms. The predicted molar refractivity (Wildman–Crippen MR) is 140 cm³/mol. The van der Waals surface area contributed by atoms with E-state index in [4.69, 9.17) is 4.98 Å². The largest absolute Gasteiger partial charge is 0.369 e. The molecule has 1 saturated heterocycles. The Labute approximate surface area is 199 Å². The van der Waals surface area contributed by atoms with E-state index in [1.807, 2.05) is 36.5 Å². The molecular formula is C27H28N6O. The average Bonchev–Trinajstić information content (AvgIpc) is 3.34. The second kappa shape index (κ2) is 9.41. The highest BCUT2D eigenvalue weighted by Crippen LogP contribution is 2.31. The Morgan fingerprint density at radius 3 is 2.56 bits per heavy atom. The number of piperazine rings is 1. The molecule has 1 amide bonds. The van der Waals surface area contributed by atoms with Gasteiger partial charge in [0.1, 0.15) is 5.65 Å². The molecule has 5 rings (SSSR count). The summed E-state index contributed by atoms with van der Waals surface area (Å²) in [6.45, 7) is 7.76. The lowest BCUT2D eigenvalue weighted by atomic mass is 10.1. The van der Waals surface area contributed by atoms with E-state index in [1.165, 1.54) is 11.8 Å². The van der Waals surface area contributed by atoms with Crippen LogP contribution < -0.4 is 15.5 Å². The first-order valence-corrected chi connectivity index (χ1v) is 11.4. The van der Waals surface area contributed by atoms with Crippen LogP contribution in [0.5, 0.6) is 0 Å². The van der Waals surface area contributed by atoms with Crippen LogP contribution in [0.3, 0.4) is 0 Å². The van der Waals surface area contributed by atoms with E-state index < -0.39 is 0 Å². The van der Waals surface area contributed by atoms with E-state index in [1.54, 1.807) is 0 Å². The number of fused-ring (bicyclic) bond motifs is 1. The van der Waals surface area contributed by atoms with Gasteiger partial charge in [-0.25, -0.2) is 4.98 Å². The van der Waals surface area contributed by atoms with Crippen LogP contribution in [0.15, 0.2) is 79.5 Å². The number of rotatable bonds is 6. The minimum Gasteiger partial charge on any atom is -0.369 e. The van der Waals surface area contributed by atoms with Crippen molar-refractivity contribution in [3.63, 3.8) is 0 Å². The van der Waals surface area contributed by atoms with Gasteiger partial charge in [-0.15, -0.1) is 0 Å². The van der Waals surface area contributed by atoms with Crippen molar-refractivity contribution in [3.8, 4) is 11.3 Å². The number of carbonyl (C=O) groups is 1. The van der Waals surface area contributed by atoms with Gasteiger partial charge in [-0.3, -0.25) is 4.79 Å². The van der Waals surface area contributed by atoms with Crippen LogP contribution in [0.25, 0.3) is 22.3 Å². The zero-order valence-electron chi connectivity index (χ0n) is 19.2. The van der Waals surface area contributed by atoms with E-state index in [0.29, 0.717) is 5.69 Å². The molecule has 0 spiro atoms. The number of anilines is 4. The molecule has 0 aliphatic carbocycles. The highest BCUT2D eigenvalue weighted by molar-refractivity contribution is 5.99. The molecule has 0 bridgehead atoms. The van der Waals surface area contributed by atoms with Gasteiger partial charge in [-0.2, -0.15) is 0 Å². The van der Waals surface area contributed by atoms with E-state index in [-0.39, 0.29) is 5.91 Å². The fraction of sp³-hybridized carbons (Fsp3) is 0.185. The summed E-state index contributed by atoms with van der Waals surface area (Å²) in [5.74, 6) is -0.239. The van der Waals surface area contributed by atoms with Crippen molar-refractivity contribution in [2.45, 2.75) is 0 Å². The molecule has 0 radical (unpaired) electrons. The summed E-state index contributed by atoms with van der Waals surface area (Å²) in [6.07, 6.45) is 3.15. The number of amides is 1. The first-order valence-electron chi connectivity index (χ1n) is 11.4. The summed E-state index contributed by atoms with van der Waals surface area (Å²) in [5, 5.41) is 7.29. The Morgan fingerprint density at radius 1 is 1.03 bits per heavy atom. The molecular weight excluding hydrogens is 424 g/mol. The maximum atomic E-state index is 11.7. The lowest BCUT2D eigenvalue weighted by molar-refractivity contribution is -0.111. The Kier molecular flexibility index (Phi) is 6.01. The number of hydrogen-bond donors (Lipinski definition) is 3. The maximum Gasteiger partial charge on any atom is 0.247 e. The third kappa shape index (κ3) is 4.65. The quantitative estimate of drug-likeness (QED) is 0.365. The molecule has 1 aliphatic rings. The number of carbonyl (C=O) groups excluding carboxylic acids is 1. The third-order valence-corrected chi connectivity index (χ3v) is 6.15. The third-order valence-electron chi connectivity index (χ3n) is 6.15. The van der Waals surface area contributed by atoms with Gasteiger partial charge in [0.15, 0.2) is 0 Å². The summed E-state index contributed by atoms with van der Waals surface area (Å²) >= 11 is 0. The molecule has 1 fully saturated rings. The van der Waals surface area contributed by atoms with Crippen LogP contribution in [0.2, 0.25) is 0 Å². The lowest BCUT2D eigenvalue weighted by Crippen LogP contribution is -2.44. The van der Waals surface area contributed by atoms with Gasteiger partial charge in [0.05, 0.1) is 11.4 Å². The Bertz CT molecular complexity index is 1320. The van der Waals surface area contributed by atoms with E-state index in [9.17, 15) is 4.79 Å². The van der Waals surface area contributed by atoms with E-state index in [0.717, 1.165) is 59.8 Å². The monoisotopic (exact) mass is 452 g/mol. The predicted octanol–water partition coefficient (Wildman–Crippen LogP) is 4.85. The van der Waals surface area contributed by atoms with Crippen LogP contribution in [0, 0.1) is 0 Å². The highest BCUT2D eigenvalue weighted by Gasteiger charge is 2.15. The molecule has 0 saturated carbocycles. The van der Waals surface area contributed by atoms with Crippen LogP contribution in [0.1, 0.15) is 0 Å². The van der Waals surface area contributed by atoms with Crippen molar-refractivity contribution in [1.82, 2.24) is 14.9 Å². The number of H-pyrrole nitrogens is 1. The highest BCUT2D eigenvalue weighted by atomic mass is 16.1. The number of aromatic nitrogens is 2. The van der Waals surface area contributed by atoms with Crippen LogP contribution in [-0.4, -0.2) is 54.0 Å². The number of nitrogens with zero attached hydrogens (tertiary/aromatic N) is 3. The topological polar surface area (TPSA) is 76.3 Å². The fourth-order valence-corrected chi connectivity index (χ4v) is 4.22. The Hall–Kier alpha value is -4.10. The molecule has 34 heavy (non-hydrogen) atoms. The number of hydrogen-bond acceptors (Lipinski definition) is 5. The molecule has 3 N–H and O–H groups in total. The van der Waals surface area contributed by atoms with Gasteiger partial charge in [-0.05, 0) is 55.6 Å². The lowest BCUT2D eigenvalue weighted by Gasteiger charge is -2.34. The normalized spacial score (nSPS) is 14.2. The number of nitrogens with one attached hydrogen (secondary N) is 3. The Balaban J connectivity index is 1.42. The first kappa shape index (κ1) is 21.7. The van der Waals surface area contributed by atoms with Gasteiger partial charge in [0, 0.05) is 60.4 Å². The van der Waals surface area contributed by atoms with Crippen molar-refractivity contribution >= 4 is 39.7 Å². The molecule has 172 valence electrons. The van der Waals surface area contributed by atoms with E-state index >= 15 is 0 Å². The van der Waals surface area contributed by atoms with Crippen LogP contribution >= 0.6 is 0 Å². The van der Waals surface area contributed by atoms with Gasteiger partial charge >= 0.3 is 0 Å². The molecule has 0 atom stereocenters. The SMILES string of the molecule is C=CC(=O)Nc1cccc(Nc2cc(-c3ccc(N4CCN(C)CC4)cc3)nc3[nH]ccc23)c1. The fourth-order valence-electron chi connectivity index (χ4n) is 4.22. The van der Waals surface area contributed by atoms with Crippen molar-refractivity contribution < 1.29 is 4.79 Å². The second-order valence-electron chi connectivity index (χ2n) is 8.53. The summed E-state index contributed by atoms with van der Waals surface area (Å²) in [6, 6.07) is 20.3. The molecule has 7 nitrogen and oxygen atoms in total. The molecule has 2 aromatic carbocycles. The van der Waals surface area contributed by atoms with Crippen molar-refractivity contribution in [2.24, 2.45) is 0 Å². The number of aromatic amines is 1. The smallest absolute Gasteiger partial charge is 0.247 e. The maximum absolute atomic E-state index is 11.7. The minimum absolute atomic E-state index is 0.239. The summed E-state index contributed by atoms with van der Waals surface area (Å²) in [7, 11) is 2.17. The molecule has 4 aromatic rings. The molecule has 2 aromatic heterocycles. The molecule has 3 heterocycles.